The Bertz CT molecular complexity index is 484. The number of carbonyl (C=O) groups excluding carboxylic acids is 1. The van der Waals surface area contributed by atoms with Gasteiger partial charge in [-0.05, 0) is 38.9 Å². The third kappa shape index (κ3) is 3.70. The largest absolute Gasteiger partial charge is 0.324 e. The summed E-state index contributed by atoms with van der Waals surface area (Å²) in [5, 5.41) is 6.75. The molecule has 1 aromatic rings. The molecule has 0 atom stereocenters. The van der Waals surface area contributed by atoms with E-state index in [9.17, 15) is 4.79 Å². The van der Waals surface area contributed by atoms with Gasteiger partial charge in [-0.1, -0.05) is 30.9 Å². The lowest BCUT2D eigenvalue weighted by molar-refractivity contribution is -0.117. The van der Waals surface area contributed by atoms with Crippen LogP contribution in [0, 0.1) is 6.92 Å². The minimum Gasteiger partial charge on any atom is -0.324 e. The number of nitrogens with one attached hydrogen (secondary N) is 2. The van der Waals surface area contributed by atoms with Gasteiger partial charge in [0.15, 0.2) is 0 Å². The Hall–Kier alpha value is -1.13. The second-order valence-electron chi connectivity index (χ2n) is 5.58. The molecule has 1 saturated carbocycles. The minimum atomic E-state index is -0.0455. The fourth-order valence-electron chi connectivity index (χ4n) is 2.91. The van der Waals surface area contributed by atoms with Crippen molar-refractivity contribution in [3.8, 4) is 0 Å². The van der Waals surface area contributed by atoms with Crippen LogP contribution < -0.4 is 10.6 Å². The van der Waals surface area contributed by atoms with E-state index in [1.807, 2.05) is 14.0 Å². The summed E-state index contributed by atoms with van der Waals surface area (Å²) in [4.78, 5) is 16.4. The van der Waals surface area contributed by atoms with Crippen LogP contribution in [0.3, 0.4) is 0 Å². The SMILES string of the molecule is CNC1(CC(=O)Nc2ccc(Cl)nc2C)CCCCC1. The molecule has 0 aliphatic heterocycles. The number of halogens is 1. The van der Waals surface area contributed by atoms with Crippen LogP contribution in [0.25, 0.3) is 0 Å². The van der Waals surface area contributed by atoms with Crippen LogP contribution in [0.1, 0.15) is 44.2 Å². The molecule has 4 nitrogen and oxygen atoms in total. The molecule has 1 amide bonds. The third-order valence-electron chi connectivity index (χ3n) is 4.17. The number of amides is 1. The van der Waals surface area contributed by atoms with Gasteiger partial charge in [0.05, 0.1) is 11.4 Å². The molecular weight excluding hydrogens is 274 g/mol. The zero-order chi connectivity index (χ0) is 14.6. The molecule has 5 heteroatoms. The van der Waals surface area contributed by atoms with Crippen molar-refractivity contribution in [1.29, 1.82) is 0 Å². The van der Waals surface area contributed by atoms with Gasteiger partial charge in [-0.2, -0.15) is 0 Å². The first kappa shape index (κ1) is 15.3. The van der Waals surface area contributed by atoms with Gasteiger partial charge in [0, 0.05) is 12.0 Å². The van der Waals surface area contributed by atoms with Gasteiger partial charge < -0.3 is 10.6 Å². The van der Waals surface area contributed by atoms with Crippen molar-refractivity contribution in [3.63, 3.8) is 0 Å². The molecule has 110 valence electrons. The highest BCUT2D eigenvalue weighted by molar-refractivity contribution is 6.29. The fraction of sp³-hybridized carbons (Fsp3) is 0.600. The van der Waals surface area contributed by atoms with E-state index in [0.29, 0.717) is 11.6 Å². The second-order valence-corrected chi connectivity index (χ2v) is 5.97. The summed E-state index contributed by atoms with van der Waals surface area (Å²) in [6.07, 6.45) is 6.28. The number of nitrogens with zero attached hydrogens (tertiary/aromatic N) is 1. The van der Waals surface area contributed by atoms with Gasteiger partial charge in [0.25, 0.3) is 0 Å². The van der Waals surface area contributed by atoms with Crippen molar-refractivity contribution in [2.24, 2.45) is 0 Å². The van der Waals surface area contributed by atoms with Crippen molar-refractivity contribution in [2.45, 2.75) is 51.0 Å². The molecule has 0 radical (unpaired) electrons. The number of hydrogen-bond donors (Lipinski definition) is 2. The highest BCUT2D eigenvalue weighted by Gasteiger charge is 2.32. The van der Waals surface area contributed by atoms with Crippen LogP contribution in [-0.4, -0.2) is 23.5 Å². The van der Waals surface area contributed by atoms with Crippen LogP contribution in [-0.2, 0) is 4.79 Å². The minimum absolute atomic E-state index is 0.0356. The van der Waals surface area contributed by atoms with Crippen molar-refractivity contribution in [1.82, 2.24) is 10.3 Å². The number of anilines is 1. The summed E-state index contributed by atoms with van der Waals surface area (Å²) >= 11 is 5.82. The summed E-state index contributed by atoms with van der Waals surface area (Å²) in [5.41, 5.74) is 1.44. The van der Waals surface area contributed by atoms with E-state index < -0.39 is 0 Å². The molecule has 2 N–H and O–H groups in total. The maximum atomic E-state index is 12.3. The molecule has 1 heterocycles. The standard InChI is InChI=1S/C15H22ClN3O/c1-11-12(6-7-13(16)18-11)19-14(20)10-15(17-2)8-4-3-5-9-15/h6-7,17H,3-5,8-10H2,1-2H3,(H,19,20). The highest BCUT2D eigenvalue weighted by atomic mass is 35.5. The molecule has 0 unspecified atom stereocenters. The first-order chi connectivity index (χ1) is 9.54. The third-order valence-corrected chi connectivity index (χ3v) is 4.38. The molecular formula is C15H22ClN3O. The molecule has 0 aromatic carbocycles. The van der Waals surface area contributed by atoms with E-state index in [1.165, 1.54) is 19.3 Å². The van der Waals surface area contributed by atoms with Gasteiger partial charge in [0.2, 0.25) is 5.91 Å². The monoisotopic (exact) mass is 295 g/mol. The van der Waals surface area contributed by atoms with Gasteiger partial charge in [-0.3, -0.25) is 4.79 Å². The van der Waals surface area contributed by atoms with Crippen LogP contribution in [0.15, 0.2) is 12.1 Å². The van der Waals surface area contributed by atoms with Crippen molar-refractivity contribution >= 4 is 23.2 Å². The number of aromatic nitrogens is 1. The number of carbonyl (C=O) groups is 1. The molecule has 1 fully saturated rings. The van der Waals surface area contributed by atoms with Gasteiger partial charge in [-0.25, -0.2) is 4.98 Å². The number of aryl methyl sites for hydroxylation is 1. The number of rotatable bonds is 4. The van der Waals surface area contributed by atoms with Crippen LogP contribution in [0.5, 0.6) is 0 Å². The Morgan fingerprint density at radius 2 is 2.05 bits per heavy atom. The van der Waals surface area contributed by atoms with E-state index >= 15 is 0 Å². The van der Waals surface area contributed by atoms with E-state index in [2.05, 4.69) is 15.6 Å². The average molecular weight is 296 g/mol. The first-order valence-electron chi connectivity index (χ1n) is 7.17. The molecule has 20 heavy (non-hydrogen) atoms. The first-order valence-corrected chi connectivity index (χ1v) is 7.54. The summed E-state index contributed by atoms with van der Waals surface area (Å²) < 4.78 is 0. The Balaban J connectivity index is 2.00. The molecule has 1 aromatic heterocycles. The van der Waals surface area contributed by atoms with Crippen LogP contribution in [0.4, 0.5) is 5.69 Å². The van der Waals surface area contributed by atoms with Gasteiger partial charge in [-0.15, -0.1) is 0 Å². The zero-order valence-electron chi connectivity index (χ0n) is 12.1. The van der Waals surface area contributed by atoms with Crippen molar-refractivity contribution in [2.75, 3.05) is 12.4 Å². The van der Waals surface area contributed by atoms with E-state index in [4.69, 9.17) is 11.6 Å². The maximum absolute atomic E-state index is 12.3. The fourth-order valence-corrected chi connectivity index (χ4v) is 3.10. The summed E-state index contributed by atoms with van der Waals surface area (Å²) in [7, 11) is 1.95. The topological polar surface area (TPSA) is 54.0 Å². The zero-order valence-corrected chi connectivity index (χ0v) is 12.9. The van der Waals surface area contributed by atoms with Crippen molar-refractivity contribution < 1.29 is 4.79 Å². The predicted molar refractivity (Wildman–Crippen MR) is 82.1 cm³/mol. The summed E-state index contributed by atoms with van der Waals surface area (Å²) in [6.45, 7) is 1.84. The van der Waals surface area contributed by atoms with E-state index in [0.717, 1.165) is 24.2 Å². The second kappa shape index (κ2) is 6.55. The lowest BCUT2D eigenvalue weighted by Crippen LogP contribution is -2.47. The quantitative estimate of drug-likeness (QED) is 0.838. The lowest BCUT2D eigenvalue weighted by atomic mass is 9.79. The highest BCUT2D eigenvalue weighted by Crippen LogP contribution is 2.31. The van der Waals surface area contributed by atoms with E-state index in [1.54, 1.807) is 12.1 Å². The predicted octanol–water partition coefficient (Wildman–Crippen LogP) is 3.29. The molecule has 0 bridgehead atoms. The lowest BCUT2D eigenvalue weighted by Gasteiger charge is -2.36. The van der Waals surface area contributed by atoms with Gasteiger partial charge >= 0.3 is 0 Å². The summed E-state index contributed by atoms with van der Waals surface area (Å²) in [6, 6.07) is 3.49. The Morgan fingerprint density at radius 1 is 1.35 bits per heavy atom. The van der Waals surface area contributed by atoms with Crippen LogP contribution in [0.2, 0.25) is 5.15 Å². The average Bonchev–Trinajstić information content (AvgIpc) is 2.43. The number of hydrogen-bond acceptors (Lipinski definition) is 3. The summed E-state index contributed by atoms with van der Waals surface area (Å²) in [5.74, 6) is 0.0356. The Labute approximate surface area is 125 Å². The maximum Gasteiger partial charge on any atom is 0.226 e. The normalized spacial score (nSPS) is 17.8. The van der Waals surface area contributed by atoms with Crippen molar-refractivity contribution in [3.05, 3.63) is 23.0 Å². The Morgan fingerprint density at radius 3 is 2.65 bits per heavy atom. The number of pyridine rings is 1. The Kier molecular flexibility index (Phi) is 5.00. The molecule has 0 spiro atoms. The van der Waals surface area contributed by atoms with Crippen LogP contribution >= 0.6 is 11.6 Å². The molecule has 1 aliphatic rings. The smallest absolute Gasteiger partial charge is 0.226 e. The molecule has 2 rings (SSSR count). The molecule has 0 saturated heterocycles. The molecule has 1 aliphatic carbocycles. The van der Waals surface area contributed by atoms with E-state index in [-0.39, 0.29) is 11.4 Å². The van der Waals surface area contributed by atoms with Gasteiger partial charge in [0.1, 0.15) is 5.15 Å².